The minimum absolute atomic E-state index is 0.167. The molecule has 13 heavy (non-hydrogen) atoms. The molecular formula is C11H12O2. The molecule has 1 rings (SSSR count). The Hall–Kier alpha value is -1.57. The van der Waals surface area contributed by atoms with Crippen LogP contribution in [0.5, 0.6) is 0 Å². The van der Waals surface area contributed by atoms with E-state index in [0.29, 0.717) is 5.56 Å². The van der Waals surface area contributed by atoms with E-state index in [-0.39, 0.29) is 5.78 Å². The number of aliphatic hydroxyl groups is 1. The van der Waals surface area contributed by atoms with Gasteiger partial charge in [-0.15, -0.1) is 0 Å². The molecule has 1 aromatic carbocycles. The number of ketones is 1. The fourth-order valence-electron chi connectivity index (χ4n) is 1.25. The van der Waals surface area contributed by atoms with Crippen LogP contribution in [-0.2, 0) is 0 Å². The molecule has 0 aliphatic carbocycles. The van der Waals surface area contributed by atoms with Crippen LogP contribution in [0.15, 0.2) is 30.5 Å². The number of rotatable bonds is 2. The van der Waals surface area contributed by atoms with E-state index in [4.69, 9.17) is 5.11 Å². The third-order valence-corrected chi connectivity index (χ3v) is 1.87. The Kier molecular flexibility index (Phi) is 2.85. The summed E-state index contributed by atoms with van der Waals surface area (Å²) in [6, 6.07) is 5.59. The van der Waals surface area contributed by atoms with Gasteiger partial charge >= 0.3 is 0 Å². The summed E-state index contributed by atoms with van der Waals surface area (Å²) < 4.78 is 0. The molecule has 0 saturated carbocycles. The molecule has 1 aromatic rings. The van der Waals surface area contributed by atoms with Crippen LogP contribution in [0.25, 0.3) is 0 Å². The summed E-state index contributed by atoms with van der Waals surface area (Å²) in [5.41, 5.74) is 2.70. The molecule has 2 nitrogen and oxygen atoms in total. The lowest BCUT2D eigenvalue weighted by atomic mass is 10.0. The van der Waals surface area contributed by atoms with E-state index >= 15 is 0 Å². The molecule has 0 aliphatic heterocycles. The van der Waals surface area contributed by atoms with Crippen molar-refractivity contribution in [3.05, 3.63) is 47.2 Å². The Balaban J connectivity index is 3.09. The number of carbonyl (C=O) groups excluding carboxylic acids is 1. The molecule has 0 atom stereocenters. The molecule has 1 N–H and O–H groups in total. The van der Waals surface area contributed by atoms with Gasteiger partial charge < -0.3 is 5.11 Å². The molecule has 0 amide bonds. The van der Waals surface area contributed by atoms with Crippen LogP contribution in [0.4, 0.5) is 0 Å². The van der Waals surface area contributed by atoms with E-state index in [1.54, 1.807) is 6.07 Å². The Morgan fingerprint density at radius 3 is 2.62 bits per heavy atom. The van der Waals surface area contributed by atoms with Crippen molar-refractivity contribution in [1.29, 1.82) is 0 Å². The number of allylic oxidation sites excluding steroid dienone is 1. The lowest BCUT2D eigenvalue weighted by Gasteiger charge is -2.02. The number of aryl methyl sites for hydroxylation is 2. The fraction of sp³-hybridized carbons (Fsp3) is 0.182. The second-order valence-corrected chi connectivity index (χ2v) is 3.00. The van der Waals surface area contributed by atoms with Crippen molar-refractivity contribution < 1.29 is 9.90 Å². The van der Waals surface area contributed by atoms with E-state index in [2.05, 4.69) is 0 Å². The average Bonchev–Trinajstić information content (AvgIpc) is 2.04. The molecule has 0 aromatic heterocycles. The van der Waals surface area contributed by atoms with E-state index < -0.39 is 0 Å². The van der Waals surface area contributed by atoms with Crippen LogP contribution in [-0.4, -0.2) is 10.9 Å². The lowest BCUT2D eigenvalue weighted by Crippen LogP contribution is -1.97. The largest absolute Gasteiger partial charge is 0.515 e. The van der Waals surface area contributed by atoms with E-state index in [0.717, 1.165) is 23.5 Å². The summed E-state index contributed by atoms with van der Waals surface area (Å²) in [5.74, 6) is -0.167. The van der Waals surface area contributed by atoms with Crippen LogP contribution in [0, 0.1) is 13.8 Å². The fourth-order valence-corrected chi connectivity index (χ4v) is 1.25. The Morgan fingerprint density at radius 1 is 1.38 bits per heavy atom. The Morgan fingerprint density at radius 2 is 2.08 bits per heavy atom. The monoisotopic (exact) mass is 176 g/mol. The standard InChI is InChI=1S/C11H12O2/c1-8-3-4-10(9(2)7-8)11(13)5-6-12/h3-7,12H,1-2H3/b6-5+. The van der Waals surface area contributed by atoms with Crippen LogP contribution in [0.1, 0.15) is 21.5 Å². The summed E-state index contributed by atoms with van der Waals surface area (Å²) in [6.45, 7) is 3.86. The second-order valence-electron chi connectivity index (χ2n) is 3.00. The number of hydrogen-bond acceptors (Lipinski definition) is 2. The third-order valence-electron chi connectivity index (χ3n) is 1.87. The number of hydrogen-bond donors (Lipinski definition) is 1. The normalized spacial score (nSPS) is 10.6. The minimum Gasteiger partial charge on any atom is -0.515 e. The maximum Gasteiger partial charge on any atom is 0.189 e. The molecule has 68 valence electrons. The molecule has 0 radical (unpaired) electrons. The molecule has 0 unspecified atom stereocenters. The molecule has 0 fully saturated rings. The van der Waals surface area contributed by atoms with Gasteiger partial charge in [0.25, 0.3) is 0 Å². The smallest absolute Gasteiger partial charge is 0.189 e. The van der Waals surface area contributed by atoms with Gasteiger partial charge in [-0.1, -0.05) is 23.8 Å². The SMILES string of the molecule is Cc1ccc(C(=O)/C=C/O)c(C)c1. The minimum atomic E-state index is -0.167. The highest BCUT2D eigenvalue weighted by atomic mass is 16.2. The summed E-state index contributed by atoms with van der Waals surface area (Å²) in [5, 5.41) is 8.44. The molecule has 0 heterocycles. The molecular weight excluding hydrogens is 164 g/mol. The predicted octanol–water partition coefficient (Wildman–Crippen LogP) is 2.56. The highest BCUT2D eigenvalue weighted by Crippen LogP contribution is 2.11. The van der Waals surface area contributed by atoms with Gasteiger partial charge in [0.2, 0.25) is 0 Å². The van der Waals surface area contributed by atoms with E-state index in [1.807, 2.05) is 26.0 Å². The maximum atomic E-state index is 11.3. The van der Waals surface area contributed by atoms with Gasteiger partial charge in [0.1, 0.15) is 0 Å². The predicted molar refractivity (Wildman–Crippen MR) is 52.0 cm³/mol. The highest BCUT2D eigenvalue weighted by Gasteiger charge is 2.04. The van der Waals surface area contributed by atoms with Gasteiger partial charge in [0.15, 0.2) is 5.78 Å². The zero-order valence-corrected chi connectivity index (χ0v) is 7.74. The average molecular weight is 176 g/mol. The first-order chi connectivity index (χ1) is 6.15. The molecule has 0 bridgehead atoms. The Labute approximate surface area is 77.5 Å². The first kappa shape index (κ1) is 9.52. The first-order valence-electron chi connectivity index (χ1n) is 4.07. The van der Waals surface area contributed by atoms with Crippen molar-refractivity contribution in [2.75, 3.05) is 0 Å². The zero-order valence-electron chi connectivity index (χ0n) is 7.74. The second kappa shape index (κ2) is 3.90. The Bertz CT molecular complexity index is 351. The van der Waals surface area contributed by atoms with Crippen molar-refractivity contribution in [2.45, 2.75) is 13.8 Å². The van der Waals surface area contributed by atoms with Crippen LogP contribution < -0.4 is 0 Å². The van der Waals surface area contributed by atoms with E-state index in [1.165, 1.54) is 0 Å². The van der Waals surface area contributed by atoms with Crippen LogP contribution in [0.3, 0.4) is 0 Å². The maximum absolute atomic E-state index is 11.3. The van der Waals surface area contributed by atoms with Crippen LogP contribution in [0.2, 0.25) is 0 Å². The topological polar surface area (TPSA) is 37.3 Å². The van der Waals surface area contributed by atoms with Crippen molar-refractivity contribution in [2.24, 2.45) is 0 Å². The quantitative estimate of drug-likeness (QED) is 0.427. The zero-order chi connectivity index (χ0) is 9.84. The molecule has 0 aliphatic rings. The van der Waals surface area contributed by atoms with E-state index in [9.17, 15) is 4.79 Å². The van der Waals surface area contributed by atoms with Gasteiger partial charge in [0.05, 0.1) is 6.26 Å². The molecule has 0 spiro atoms. The number of carbonyl (C=O) groups is 1. The molecule has 2 heteroatoms. The van der Waals surface area contributed by atoms with Gasteiger partial charge in [-0.25, -0.2) is 0 Å². The summed E-state index contributed by atoms with van der Waals surface area (Å²) in [6.07, 6.45) is 1.92. The van der Waals surface area contributed by atoms with Gasteiger partial charge in [0, 0.05) is 11.6 Å². The van der Waals surface area contributed by atoms with Gasteiger partial charge in [-0.2, -0.15) is 0 Å². The number of benzene rings is 1. The van der Waals surface area contributed by atoms with Crippen molar-refractivity contribution in [3.63, 3.8) is 0 Å². The summed E-state index contributed by atoms with van der Waals surface area (Å²) in [7, 11) is 0. The summed E-state index contributed by atoms with van der Waals surface area (Å²) in [4.78, 5) is 11.3. The van der Waals surface area contributed by atoms with Crippen molar-refractivity contribution >= 4 is 5.78 Å². The highest BCUT2D eigenvalue weighted by molar-refractivity contribution is 6.05. The first-order valence-corrected chi connectivity index (χ1v) is 4.07. The van der Waals surface area contributed by atoms with Gasteiger partial charge in [-0.05, 0) is 19.4 Å². The van der Waals surface area contributed by atoms with Crippen LogP contribution >= 0.6 is 0 Å². The van der Waals surface area contributed by atoms with Crippen molar-refractivity contribution in [3.8, 4) is 0 Å². The summed E-state index contributed by atoms with van der Waals surface area (Å²) >= 11 is 0. The number of aliphatic hydroxyl groups excluding tert-OH is 1. The molecule has 0 saturated heterocycles. The van der Waals surface area contributed by atoms with Gasteiger partial charge in [-0.3, -0.25) is 4.79 Å². The lowest BCUT2D eigenvalue weighted by molar-refractivity contribution is 0.104. The third kappa shape index (κ3) is 2.18. The van der Waals surface area contributed by atoms with Crippen molar-refractivity contribution in [1.82, 2.24) is 0 Å².